The molecule has 1 saturated heterocycles. The Kier molecular flexibility index (Phi) is 8.82. The molecule has 2 unspecified atom stereocenters. The van der Waals surface area contributed by atoms with Gasteiger partial charge in [0, 0.05) is 12.0 Å². The summed E-state index contributed by atoms with van der Waals surface area (Å²) < 4.78 is 17.3. The lowest BCUT2D eigenvalue weighted by molar-refractivity contribution is 0.183. The van der Waals surface area contributed by atoms with E-state index in [1.54, 1.807) is 14.2 Å². The van der Waals surface area contributed by atoms with Crippen LogP contribution in [0.4, 0.5) is 0 Å². The third-order valence-electron chi connectivity index (χ3n) is 8.99. The van der Waals surface area contributed by atoms with E-state index in [2.05, 4.69) is 72.5 Å². The third kappa shape index (κ3) is 6.11. The highest BCUT2D eigenvalue weighted by Crippen LogP contribution is 2.44. The average Bonchev–Trinajstić information content (AvgIpc) is 3.00. The number of likely N-dealkylation sites (tertiary alicyclic amines) is 1. The van der Waals surface area contributed by atoms with Gasteiger partial charge in [0.2, 0.25) is 0 Å². The van der Waals surface area contributed by atoms with Gasteiger partial charge in [-0.05, 0) is 129 Å². The van der Waals surface area contributed by atoms with E-state index in [-0.39, 0.29) is 5.41 Å². The van der Waals surface area contributed by atoms with Crippen molar-refractivity contribution < 1.29 is 14.2 Å². The number of fused-ring (bicyclic) bond motifs is 1. The summed E-state index contributed by atoms with van der Waals surface area (Å²) in [5, 5.41) is 0. The number of hydrogen-bond acceptors (Lipinski definition) is 4. The van der Waals surface area contributed by atoms with Crippen LogP contribution in [0.3, 0.4) is 0 Å². The minimum absolute atomic E-state index is 0.379. The first-order chi connectivity index (χ1) is 19.0. The van der Waals surface area contributed by atoms with Crippen LogP contribution in [0.1, 0.15) is 72.8 Å². The van der Waals surface area contributed by atoms with Crippen molar-refractivity contribution in [3.8, 4) is 17.2 Å². The number of aryl methyl sites for hydroxylation is 1. The SMILES string of the molecule is [CH2]C(CC)(c1ccc(OCCN2CCCCC2)cc1)c1cc(OC)ccc1C1CCc2cc(OC)ccc2C1. The van der Waals surface area contributed by atoms with Crippen molar-refractivity contribution in [2.24, 2.45) is 0 Å². The van der Waals surface area contributed by atoms with Gasteiger partial charge in [0.15, 0.2) is 0 Å². The van der Waals surface area contributed by atoms with Crippen molar-refractivity contribution in [3.63, 3.8) is 0 Å². The molecule has 0 saturated carbocycles. The van der Waals surface area contributed by atoms with Crippen molar-refractivity contribution in [1.82, 2.24) is 4.90 Å². The lowest BCUT2D eigenvalue weighted by Crippen LogP contribution is -2.33. The standard InChI is InChI=1S/C35H44NO3/c1-5-35(2,29-12-15-30(16-13-29)39-22-21-36-19-7-6-8-20-36)34-25-32(38-4)17-18-33(34)28-10-9-27-24-31(37-3)14-11-26(27)23-28/h11-18,24-25,28H,2,5-10,19-23H2,1,3-4H3. The van der Waals surface area contributed by atoms with Gasteiger partial charge < -0.3 is 14.2 Å². The molecule has 3 aromatic rings. The average molecular weight is 527 g/mol. The van der Waals surface area contributed by atoms with Gasteiger partial charge in [-0.2, -0.15) is 0 Å². The number of rotatable bonds is 10. The molecule has 2 aliphatic rings. The minimum atomic E-state index is -0.379. The highest BCUT2D eigenvalue weighted by atomic mass is 16.5. The van der Waals surface area contributed by atoms with E-state index in [0.717, 1.165) is 56.1 Å². The molecule has 1 aliphatic carbocycles. The first kappa shape index (κ1) is 27.6. The van der Waals surface area contributed by atoms with E-state index in [0.29, 0.717) is 5.92 Å². The lowest BCUT2D eigenvalue weighted by atomic mass is 9.68. The molecule has 4 heteroatoms. The highest BCUT2D eigenvalue weighted by molar-refractivity contribution is 5.51. The molecule has 4 nitrogen and oxygen atoms in total. The molecule has 0 bridgehead atoms. The molecule has 1 fully saturated rings. The topological polar surface area (TPSA) is 30.9 Å². The van der Waals surface area contributed by atoms with Crippen molar-refractivity contribution in [2.45, 2.75) is 63.2 Å². The van der Waals surface area contributed by atoms with Crippen LogP contribution >= 0.6 is 0 Å². The molecule has 39 heavy (non-hydrogen) atoms. The summed E-state index contributed by atoms with van der Waals surface area (Å²) in [6.07, 6.45) is 8.08. The molecule has 2 atom stereocenters. The molecule has 1 radical (unpaired) electrons. The van der Waals surface area contributed by atoms with E-state index in [1.165, 1.54) is 60.2 Å². The number of benzene rings is 3. The summed E-state index contributed by atoms with van der Waals surface area (Å²) in [5.74, 6) is 3.20. The maximum atomic E-state index is 6.13. The van der Waals surface area contributed by atoms with Gasteiger partial charge in [0.25, 0.3) is 0 Å². The summed E-state index contributed by atoms with van der Waals surface area (Å²) in [6.45, 7) is 11.2. The second-order valence-electron chi connectivity index (χ2n) is 11.2. The summed E-state index contributed by atoms with van der Waals surface area (Å²) in [4.78, 5) is 2.51. The maximum Gasteiger partial charge on any atom is 0.119 e. The molecule has 1 heterocycles. The highest BCUT2D eigenvalue weighted by Gasteiger charge is 2.33. The Morgan fingerprint density at radius 1 is 0.846 bits per heavy atom. The first-order valence-corrected chi connectivity index (χ1v) is 14.7. The summed E-state index contributed by atoms with van der Waals surface area (Å²) in [5.41, 5.74) is 6.32. The van der Waals surface area contributed by atoms with Crippen molar-refractivity contribution >= 4 is 0 Å². The number of ether oxygens (including phenoxy) is 3. The Morgan fingerprint density at radius 3 is 2.26 bits per heavy atom. The molecule has 1 aliphatic heterocycles. The van der Waals surface area contributed by atoms with Crippen molar-refractivity contribution in [2.75, 3.05) is 40.5 Å². The van der Waals surface area contributed by atoms with Gasteiger partial charge in [-0.15, -0.1) is 0 Å². The van der Waals surface area contributed by atoms with Crippen molar-refractivity contribution in [1.29, 1.82) is 0 Å². The van der Waals surface area contributed by atoms with Gasteiger partial charge in [0.05, 0.1) is 14.2 Å². The fourth-order valence-corrected chi connectivity index (χ4v) is 6.45. The molecular formula is C35H44NO3. The fraction of sp³-hybridized carbons (Fsp3) is 0.457. The van der Waals surface area contributed by atoms with Crippen LogP contribution in [-0.2, 0) is 18.3 Å². The second-order valence-corrected chi connectivity index (χ2v) is 11.2. The normalized spacial score (nSPS) is 19.1. The number of methoxy groups -OCH3 is 2. The maximum absolute atomic E-state index is 6.13. The van der Waals surface area contributed by atoms with Gasteiger partial charge >= 0.3 is 0 Å². The second kappa shape index (κ2) is 12.5. The van der Waals surface area contributed by atoms with Crippen LogP contribution in [-0.4, -0.2) is 45.4 Å². The predicted octanol–water partition coefficient (Wildman–Crippen LogP) is 7.37. The molecule has 3 aromatic carbocycles. The third-order valence-corrected chi connectivity index (χ3v) is 8.99. The predicted molar refractivity (Wildman–Crippen MR) is 159 cm³/mol. The largest absolute Gasteiger partial charge is 0.497 e. The number of nitrogens with zero attached hydrogens (tertiary/aromatic N) is 1. The van der Waals surface area contributed by atoms with E-state index in [4.69, 9.17) is 21.1 Å². The van der Waals surface area contributed by atoms with Gasteiger partial charge in [-0.25, -0.2) is 0 Å². The van der Waals surface area contributed by atoms with Gasteiger partial charge in [-0.3, -0.25) is 4.90 Å². The van der Waals surface area contributed by atoms with Crippen LogP contribution in [0, 0.1) is 6.92 Å². The molecule has 0 spiro atoms. The summed E-state index contributed by atoms with van der Waals surface area (Å²) in [6, 6.07) is 21.8. The fourth-order valence-electron chi connectivity index (χ4n) is 6.45. The summed E-state index contributed by atoms with van der Waals surface area (Å²) >= 11 is 0. The van der Waals surface area contributed by atoms with E-state index < -0.39 is 0 Å². The minimum Gasteiger partial charge on any atom is -0.497 e. The quantitative estimate of drug-likeness (QED) is 0.276. The van der Waals surface area contributed by atoms with Crippen LogP contribution < -0.4 is 14.2 Å². The number of piperidine rings is 1. The Balaban J connectivity index is 1.37. The van der Waals surface area contributed by atoms with Crippen LogP contribution in [0.5, 0.6) is 17.2 Å². The van der Waals surface area contributed by atoms with E-state index in [9.17, 15) is 0 Å². The molecular weight excluding hydrogens is 482 g/mol. The molecule has 0 N–H and O–H groups in total. The summed E-state index contributed by atoms with van der Waals surface area (Å²) in [7, 11) is 3.49. The number of hydrogen-bond donors (Lipinski definition) is 0. The van der Waals surface area contributed by atoms with Crippen LogP contribution in [0.2, 0.25) is 0 Å². The zero-order valence-electron chi connectivity index (χ0n) is 24.0. The first-order valence-electron chi connectivity index (χ1n) is 14.7. The van der Waals surface area contributed by atoms with Crippen LogP contribution in [0.15, 0.2) is 60.7 Å². The van der Waals surface area contributed by atoms with Crippen LogP contribution in [0.25, 0.3) is 0 Å². The van der Waals surface area contributed by atoms with E-state index in [1.807, 2.05) is 0 Å². The Morgan fingerprint density at radius 2 is 1.54 bits per heavy atom. The molecule has 5 rings (SSSR count). The molecule has 207 valence electrons. The monoisotopic (exact) mass is 526 g/mol. The Bertz CT molecular complexity index is 1230. The Labute approximate surface area is 235 Å². The molecule has 0 aromatic heterocycles. The Hall–Kier alpha value is -2.98. The van der Waals surface area contributed by atoms with E-state index >= 15 is 0 Å². The lowest BCUT2D eigenvalue weighted by Gasteiger charge is -2.35. The van der Waals surface area contributed by atoms with Gasteiger partial charge in [0.1, 0.15) is 23.9 Å². The zero-order valence-corrected chi connectivity index (χ0v) is 24.0. The van der Waals surface area contributed by atoms with Crippen molar-refractivity contribution in [3.05, 3.63) is 95.4 Å². The molecule has 0 amide bonds. The smallest absolute Gasteiger partial charge is 0.119 e. The van der Waals surface area contributed by atoms with Gasteiger partial charge in [-0.1, -0.05) is 37.6 Å². The zero-order chi connectivity index (χ0) is 27.2.